The average Bonchev–Trinajstić information content (AvgIpc) is 2.84. The highest BCUT2D eigenvalue weighted by Crippen LogP contribution is 2.77. The number of hydrogen-bond donors (Lipinski definition) is 0. The molecule has 2 atom stereocenters. The van der Waals surface area contributed by atoms with Crippen LogP contribution in [0.2, 0.25) is 0 Å². The summed E-state index contributed by atoms with van der Waals surface area (Å²) in [6.45, 7) is 8.53. The summed E-state index contributed by atoms with van der Waals surface area (Å²) in [4.78, 5) is 0. The fourth-order valence-corrected chi connectivity index (χ4v) is 8.37. The molecule has 2 aromatic carbocycles. The van der Waals surface area contributed by atoms with E-state index in [2.05, 4.69) is 64.1 Å². The van der Waals surface area contributed by atoms with E-state index in [0.29, 0.717) is 0 Å². The lowest BCUT2D eigenvalue weighted by Crippen LogP contribution is -2.15. The minimum Gasteiger partial charge on any atom is -0.305 e. The summed E-state index contributed by atoms with van der Waals surface area (Å²) in [6, 6.07) is 13.3. The molecule has 0 saturated carbocycles. The van der Waals surface area contributed by atoms with Crippen molar-refractivity contribution in [1.82, 2.24) is 4.67 Å². The molecule has 1 fully saturated rings. The molecule has 0 amide bonds. The van der Waals surface area contributed by atoms with Gasteiger partial charge >= 0.3 is 0 Å². The average molecular weight is 355 g/mol. The second-order valence-corrected chi connectivity index (χ2v) is 11.4. The van der Waals surface area contributed by atoms with Crippen LogP contribution in [0.5, 0.6) is 0 Å². The van der Waals surface area contributed by atoms with Crippen LogP contribution in [0.1, 0.15) is 57.5 Å². The monoisotopic (exact) mass is 355 g/mol. The Morgan fingerprint density at radius 2 is 1.04 bits per heavy atom. The van der Waals surface area contributed by atoms with Crippen LogP contribution in [0, 0.1) is 27.7 Å². The molecular formula is C22H30NOP. The van der Waals surface area contributed by atoms with Crippen molar-refractivity contribution in [2.45, 2.75) is 51.9 Å². The molecule has 3 heteroatoms. The Labute approximate surface area is 152 Å². The van der Waals surface area contributed by atoms with Crippen molar-refractivity contribution >= 4 is 7.29 Å². The van der Waals surface area contributed by atoms with Crippen molar-refractivity contribution in [1.29, 1.82) is 0 Å². The Morgan fingerprint density at radius 1 is 0.720 bits per heavy atom. The van der Waals surface area contributed by atoms with Gasteiger partial charge in [-0.05, 0) is 65.8 Å². The first kappa shape index (κ1) is 18.4. The summed E-state index contributed by atoms with van der Waals surface area (Å²) < 4.78 is 16.4. The minimum absolute atomic E-state index is 0.131. The summed E-state index contributed by atoms with van der Waals surface area (Å²) in [5, 5.41) is 0. The second kappa shape index (κ2) is 6.74. The molecular weight excluding hydrogens is 325 g/mol. The van der Waals surface area contributed by atoms with E-state index in [9.17, 15) is 4.57 Å². The van der Waals surface area contributed by atoms with Crippen molar-refractivity contribution in [3.05, 3.63) is 69.8 Å². The van der Waals surface area contributed by atoms with Crippen molar-refractivity contribution in [3.63, 3.8) is 0 Å². The second-order valence-electron chi connectivity index (χ2n) is 7.97. The van der Waals surface area contributed by atoms with E-state index < -0.39 is 7.29 Å². The summed E-state index contributed by atoms with van der Waals surface area (Å²) in [7, 11) is 1.44. The van der Waals surface area contributed by atoms with E-state index in [1.165, 1.54) is 33.4 Å². The lowest BCUT2D eigenvalue weighted by Gasteiger charge is -2.32. The van der Waals surface area contributed by atoms with Gasteiger partial charge in [-0.15, -0.1) is 0 Å². The van der Waals surface area contributed by atoms with Crippen LogP contribution in [0.3, 0.4) is 0 Å². The zero-order valence-corrected chi connectivity index (χ0v) is 17.2. The Kier molecular flexibility index (Phi) is 4.97. The van der Waals surface area contributed by atoms with Gasteiger partial charge in [-0.3, -0.25) is 4.67 Å². The molecule has 0 aromatic heterocycles. The van der Waals surface area contributed by atoms with Crippen molar-refractivity contribution in [2.24, 2.45) is 0 Å². The molecule has 0 spiro atoms. The molecule has 1 saturated heterocycles. The predicted octanol–water partition coefficient (Wildman–Crippen LogP) is 6.34. The van der Waals surface area contributed by atoms with Crippen LogP contribution >= 0.6 is 7.29 Å². The number of nitrogens with zero attached hydrogens (tertiary/aromatic N) is 1. The fourth-order valence-electron chi connectivity index (χ4n) is 4.63. The first-order chi connectivity index (χ1) is 11.7. The highest BCUT2D eigenvalue weighted by Gasteiger charge is 2.49. The number of benzene rings is 2. The van der Waals surface area contributed by atoms with Crippen molar-refractivity contribution < 1.29 is 4.57 Å². The highest BCUT2D eigenvalue weighted by molar-refractivity contribution is 7.62. The maximum atomic E-state index is 14.3. The third kappa shape index (κ3) is 3.35. The molecule has 1 aliphatic rings. The van der Waals surface area contributed by atoms with E-state index in [1.54, 1.807) is 0 Å². The number of aryl methyl sites for hydroxylation is 4. The van der Waals surface area contributed by atoms with Gasteiger partial charge in [-0.25, -0.2) is 0 Å². The molecule has 0 bridgehead atoms. The molecule has 2 nitrogen and oxygen atoms in total. The van der Waals surface area contributed by atoms with Gasteiger partial charge in [0.15, 0.2) is 7.29 Å². The Balaban J connectivity index is 2.10. The largest absolute Gasteiger partial charge is 0.305 e. The SMILES string of the molecule is Cc1cc(C)cc([C@@H]2CC[C@@H](c3cc(C)cc(C)c3)P2(=O)N(C)C)c1. The highest BCUT2D eigenvalue weighted by atomic mass is 31.2. The maximum absolute atomic E-state index is 14.3. The van der Waals surface area contributed by atoms with Crippen LogP contribution in [0.15, 0.2) is 36.4 Å². The zero-order valence-electron chi connectivity index (χ0n) is 16.3. The van der Waals surface area contributed by atoms with Gasteiger partial charge in [-0.2, -0.15) is 0 Å². The van der Waals surface area contributed by atoms with Gasteiger partial charge in [0.1, 0.15) is 0 Å². The topological polar surface area (TPSA) is 20.3 Å². The van der Waals surface area contributed by atoms with Gasteiger partial charge < -0.3 is 4.57 Å². The maximum Gasteiger partial charge on any atom is 0.164 e. The van der Waals surface area contributed by atoms with Gasteiger partial charge in [0.25, 0.3) is 0 Å². The first-order valence-corrected chi connectivity index (χ1v) is 10.9. The van der Waals surface area contributed by atoms with Crippen molar-refractivity contribution in [2.75, 3.05) is 14.1 Å². The van der Waals surface area contributed by atoms with Gasteiger partial charge in [0.05, 0.1) is 11.3 Å². The summed E-state index contributed by atoms with van der Waals surface area (Å²) in [6.07, 6.45) is 1.99. The molecule has 2 aromatic rings. The number of rotatable bonds is 3. The fraction of sp³-hybridized carbons (Fsp3) is 0.455. The molecule has 25 heavy (non-hydrogen) atoms. The Bertz CT molecular complexity index is 736. The molecule has 0 N–H and O–H groups in total. The third-order valence-corrected chi connectivity index (χ3v) is 9.64. The molecule has 134 valence electrons. The van der Waals surface area contributed by atoms with Gasteiger partial charge in [-0.1, -0.05) is 58.7 Å². The molecule has 1 aliphatic heterocycles. The van der Waals surface area contributed by atoms with E-state index in [-0.39, 0.29) is 11.3 Å². The molecule has 0 radical (unpaired) electrons. The molecule has 1 heterocycles. The normalized spacial score (nSPS) is 22.5. The van der Waals surface area contributed by atoms with Gasteiger partial charge in [0, 0.05) is 0 Å². The molecule has 0 unspecified atom stereocenters. The minimum atomic E-state index is -2.55. The summed E-state index contributed by atoms with van der Waals surface area (Å²) >= 11 is 0. The molecule has 3 rings (SSSR count). The van der Waals surface area contributed by atoms with E-state index in [0.717, 1.165) is 12.8 Å². The number of hydrogen-bond acceptors (Lipinski definition) is 1. The lowest BCUT2D eigenvalue weighted by atomic mass is 9.99. The molecule has 0 aliphatic carbocycles. The van der Waals surface area contributed by atoms with Crippen LogP contribution < -0.4 is 0 Å². The van der Waals surface area contributed by atoms with Crippen LogP contribution in [-0.4, -0.2) is 18.8 Å². The smallest absolute Gasteiger partial charge is 0.164 e. The van der Waals surface area contributed by atoms with Crippen molar-refractivity contribution in [3.8, 4) is 0 Å². The summed E-state index contributed by atoms with van der Waals surface area (Å²) in [5.74, 6) is 0. The van der Waals surface area contributed by atoms with Crippen LogP contribution in [-0.2, 0) is 4.57 Å². The first-order valence-electron chi connectivity index (χ1n) is 9.15. The quantitative estimate of drug-likeness (QED) is 0.599. The standard InChI is InChI=1S/C22H30NOP/c1-15-9-16(2)12-19(11-15)21-7-8-22(25(21,24)23(5)6)20-13-17(3)10-18(4)14-20/h9-14,21-22H,7-8H2,1-6H3/t21-,22-/m0/s1. The zero-order chi connectivity index (χ0) is 18.4. The Hall–Kier alpha value is -1.37. The van der Waals surface area contributed by atoms with E-state index >= 15 is 0 Å². The van der Waals surface area contributed by atoms with E-state index in [4.69, 9.17) is 0 Å². The predicted molar refractivity (Wildman–Crippen MR) is 108 cm³/mol. The Morgan fingerprint density at radius 3 is 1.32 bits per heavy atom. The summed E-state index contributed by atoms with van der Waals surface area (Å²) in [5.41, 5.74) is 7.80. The van der Waals surface area contributed by atoms with E-state index in [1.807, 2.05) is 18.8 Å². The van der Waals surface area contributed by atoms with Gasteiger partial charge in [0.2, 0.25) is 0 Å². The van der Waals surface area contributed by atoms with Crippen LogP contribution in [0.25, 0.3) is 0 Å². The lowest BCUT2D eigenvalue weighted by molar-refractivity contribution is 0.502. The third-order valence-electron chi connectivity index (χ3n) is 5.49. The van der Waals surface area contributed by atoms with Crippen LogP contribution in [0.4, 0.5) is 0 Å².